The maximum Gasteiger partial charge on any atom is 0.0409 e. The summed E-state index contributed by atoms with van der Waals surface area (Å²) in [5.74, 6) is 0. The summed E-state index contributed by atoms with van der Waals surface area (Å²) >= 11 is 6.02. The Kier molecular flexibility index (Phi) is 3.32. The summed E-state index contributed by atoms with van der Waals surface area (Å²) in [7, 11) is 0. The number of hydrogen-bond donors (Lipinski definition) is 0. The van der Waals surface area contributed by atoms with Crippen LogP contribution in [-0.4, -0.2) is 17.5 Å². The van der Waals surface area contributed by atoms with Crippen LogP contribution in [0, 0.1) is 0 Å². The standard InChI is InChI=1S/C13H18ClN/c1-3-10(2)15-7-6-11-4-5-13(14)8-12(11)9-15/h4-5,8,10H,3,6-7,9H2,1-2H3. The van der Waals surface area contributed by atoms with Crippen LogP contribution in [0.15, 0.2) is 18.2 Å². The number of hydrogen-bond acceptors (Lipinski definition) is 1. The lowest BCUT2D eigenvalue weighted by atomic mass is 9.98. The fourth-order valence-electron chi connectivity index (χ4n) is 2.18. The molecular formula is C13H18ClN. The number of halogens is 1. The molecule has 1 nitrogen and oxygen atoms in total. The van der Waals surface area contributed by atoms with Crippen LogP contribution in [0.2, 0.25) is 5.02 Å². The average Bonchev–Trinajstić information content (AvgIpc) is 2.27. The molecule has 0 aromatic heterocycles. The van der Waals surface area contributed by atoms with Gasteiger partial charge in [-0.15, -0.1) is 0 Å². The Morgan fingerprint density at radius 2 is 2.20 bits per heavy atom. The maximum atomic E-state index is 6.02. The van der Waals surface area contributed by atoms with Crippen molar-refractivity contribution in [3.05, 3.63) is 34.3 Å². The van der Waals surface area contributed by atoms with Crippen LogP contribution in [0.1, 0.15) is 31.4 Å². The van der Waals surface area contributed by atoms with E-state index in [4.69, 9.17) is 11.6 Å². The Morgan fingerprint density at radius 3 is 2.93 bits per heavy atom. The summed E-state index contributed by atoms with van der Waals surface area (Å²) in [6, 6.07) is 6.97. The van der Waals surface area contributed by atoms with E-state index < -0.39 is 0 Å². The van der Waals surface area contributed by atoms with E-state index in [1.54, 1.807) is 0 Å². The third-order valence-corrected chi connectivity index (χ3v) is 3.66. The van der Waals surface area contributed by atoms with Crippen molar-refractivity contribution >= 4 is 11.6 Å². The fraction of sp³-hybridized carbons (Fsp3) is 0.538. The van der Waals surface area contributed by atoms with E-state index in [1.165, 1.54) is 24.1 Å². The van der Waals surface area contributed by atoms with Gasteiger partial charge in [0.15, 0.2) is 0 Å². The fourth-order valence-corrected chi connectivity index (χ4v) is 2.38. The predicted molar refractivity (Wildman–Crippen MR) is 65.3 cm³/mol. The maximum absolute atomic E-state index is 6.02. The van der Waals surface area contributed by atoms with Crippen LogP contribution in [0.3, 0.4) is 0 Å². The molecule has 1 aliphatic rings. The van der Waals surface area contributed by atoms with Crippen LogP contribution in [0.25, 0.3) is 0 Å². The second kappa shape index (κ2) is 4.54. The second-order valence-electron chi connectivity index (χ2n) is 4.39. The van der Waals surface area contributed by atoms with Gasteiger partial charge in [-0.3, -0.25) is 4.90 Å². The molecule has 0 saturated heterocycles. The van der Waals surface area contributed by atoms with Crippen molar-refractivity contribution in [2.24, 2.45) is 0 Å². The highest BCUT2D eigenvalue weighted by Crippen LogP contribution is 2.24. The minimum Gasteiger partial charge on any atom is -0.296 e. The van der Waals surface area contributed by atoms with Crippen molar-refractivity contribution in [1.29, 1.82) is 0 Å². The highest BCUT2D eigenvalue weighted by atomic mass is 35.5. The second-order valence-corrected chi connectivity index (χ2v) is 4.83. The lowest BCUT2D eigenvalue weighted by Crippen LogP contribution is -2.37. The minimum atomic E-state index is 0.678. The molecule has 2 rings (SSSR count). The van der Waals surface area contributed by atoms with Gasteiger partial charge in [0.1, 0.15) is 0 Å². The van der Waals surface area contributed by atoms with Crippen LogP contribution >= 0.6 is 11.6 Å². The molecule has 1 unspecified atom stereocenters. The Bertz CT molecular complexity index is 348. The van der Waals surface area contributed by atoms with Gasteiger partial charge in [-0.2, -0.15) is 0 Å². The highest BCUT2D eigenvalue weighted by molar-refractivity contribution is 6.30. The monoisotopic (exact) mass is 223 g/mol. The number of fused-ring (bicyclic) bond motifs is 1. The van der Waals surface area contributed by atoms with Crippen molar-refractivity contribution in [2.45, 2.75) is 39.3 Å². The smallest absolute Gasteiger partial charge is 0.0409 e. The molecule has 1 atom stereocenters. The van der Waals surface area contributed by atoms with E-state index in [0.29, 0.717) is 6.04 Å². The lowest BCUT2D eigenvalue weighted by molar-refractivity contribution is 0.186. The van der Waals surface area contributed by atoms with E-state index in [0.717, 1.165) is 18.0 Å². The molecule has 0 fully saturated rings. The number of benzene rings is 1. The topological polar surface area (TPSA) is 3.24 Å². The SMILES string of the molecule is CCC(C)N1CCc2ccc(Cl)cc2C1. The minimum absolute atomic E-state index is 0.678. The molecule has 1 aromatic rings. The van der Waals surface area contributed by atoms with Crippen LogP contribution in [0.4, 0.5) is 0 Å². The highest BCUT2D eigenvalue weighted by Gasteiger charge is 2.19. The first-order chi connectivity index (χ1) is 7.20. The Morgan fingerprint density at radius 1 is 1.40 bits per heavy atom. The molecule has 15 heavy (non-hydrogen) atoms. The zero-order valence-corrected chi connectivity index (χ0v) is 10.2. The van der Waals surface area contributed by atoms with Crippen molar-refractivity contribution in [2.75, 3.05) is 6.54 Å². The molecule has 0 aliphatic carbocycles. The molecule has 1 heterocycles. The molecule has 0 spiro atoms. The third kappa shape index (κ3) is 2.35. The molecule has 0 bridgehead atoms. The van der Waals surface area contributed by atoms with Gasteiger partial charge >= 0.3 is 0 Å². The zero-order chi connectivity index (χ0) is 10.8. The van der Waals surface area contributed by atoms with Crippen molar-refractivity contribution in [3.63, 3.8) is 0 Å². The summed E-state index contributed by atoms with van der Waals surface area (Å²) in [5, 5.41) is 0.861. The molecule has 1 aromatic carbocycles. The molecular weight excluding hydrogens is 206 g/mol. The van der Waals surface area contributed by atoms with Crippen molar-refractivity contribution in [3.8, 4) is 0 Å². The summed E-state index contributed by atoms with van der Waals surface area (Å²) in [5.41, 5.74) is 2.88. The van der Waals surface area contributed by atoms with Gasteiger partial charge in [-0.25, -0.2) is 0 Å². The average molecular weight is 224 g/mol. The molecule has 1 aliphatic heterocycles. The van der Waals surface area contributed by atoms with Gasteiger partial charge in [0.2, 0.25) is 0 Å². The van der Waals surface area contributed by atoms with Gasteiger partial charge in [0, 0.05) is 24.2 Å². The first-order valence-electron chi connectivity index (χ1n) is 5.72. The quantitative estimate of drug-likeness (QED) is 0.742. The van der Waals surface area contributed by atoms with Crippen molar-refractivity contribution < 1.29 is 0 Å². The zero-order valence-electron chi connectivity index (χ0n) is 9.46. The van der Waals surface area contributed by atoms with Crippen LogP contribution < -0.4 is 0 Å². The van der Waals surface area contributed by atoms with Crippen LogP contribution in [0.5, 0.6) is 0 Å². The van der Waals surface area contributed by atoms with E-state index in [2.05, 4.69) is 30.9 Å². The van der Waals surface area contributed by atoms with E-state index in [9.17, 15) is 0 Å². The summed E-state index contributed by atoms with van der Waals surface area (Å²) in [6.45, 7) is 6.79. The lowest BCUT2D eigenvalue weighted by Gasteiger charge is -2.33. The van der Waals surface area contributed by atoms with Gasteiger partial charge in [-0.1, -0.05) is 24.6 Å². The Balaban J connectivity index is 2.18. The molecule has 82 valence electrons. The van der Waals surface area contributed by atoms with Gasteiger partial charge in [-0.05, 0) is 43.0 Å². The predicted octanol–water partition coefficient (Wildman–Crippen LogP) is 3.50. The third-order valence-electron chi connectivity index (χ3n) is 3.42. The van der Waals surface area contributed by atoms with Crippen molar-refractivity contribution in [1.82, 2.24) is 4.90 Å². The molecule has 2 heteroatoms. The van der Waals surface area contributed by atoms with Gasteiger partial charge in [0.05, 0.1) is 0 Å². The largest absolute Gasteiger partial charge is 0.296 e. The Hall–Kier alpha value is -0.530. The molecule has 0 N–H and O–H groups in total. The first-order valence-corrected chi connectivity index (χ1v) is 6.10. The van der Waals surface area contributed by atoms with E-state index >= 15 is 0 Å². The van der Waals surface area contributed by atoms with E-state index in [-0.39, 0.29) is 0 Å². The summed E-state index contributed by atoms with van der Waals surface area (Å²) in [6.07, 6.45) is 2.38. The summed E-state index contributed by atoms with van der Waals surface area (Å²) in [4.78, 5) is 2.54. The van der Waals surface area contributed by atoms with E-state index in [1.807, 2.05) is 6.07 Å². The Labute approximate surface area is 97.0 Å². The summed E-state index contributed by atoms with van der Waals surface area (Å²) < 4.78 is 0. The molecule has 0 radical (unpaired) electrons. The normalized spacial score (nSPS) is 18.6. The first kappa shape index (κ1) is 11.0. The number of nitrogens with zero attached hydrogens (tertiary/aromatic N) is 1. The molecule has 0 amide bonds. The molecule has 0 saturated carbocycles. The number of rotatable bonds is 2. The van der Waals surface area contributed by atoms with Crippen LogP contribution in [-0.2, 0) is 13.0 Å². The van der Waals surface area contributed by atoms with Gasteiger partial charge in [0.25, 0.3) is 0 Å². The van der Waals surface area contributed by atoms with Gasteiger partial charge < -0.3 is 0 Å².